The molecule has 2 aromatic carbocycles. The van der Waals surface area contributed by atoms with E-state index in [0.29, 0.717) is 11.4 Å². The Bertz CT molecular complexity index is 800. The monoisotopic (exact) mass is 342 g/mol. The summed E-state index contributed by atoms with van der Waals surface area (Å²) in [6.07, 6.45) is 0.640. The normalized spacial score (nSPS) is 16.9. The molecule has 0 aromatic heterocycles. The van der Waals surface area contributed by atoms with Crippen molar-refractivity contribution in [2.75, 3.05) is 7.11 Å². The highest BCUT2D eigenvalue weighted by Gasteiger charge is 2.32. The van der Waals surface area contributed by atoms with E-state index in [1.165, 1.54) is 11.9 Å². The molecule has 124 valence electrons. The number of hydrazone groups is 1. The maximum atomic E-state index is 12.0. The lowest BCUT2D eigenvalue weighted by atomic mass is 9.97. The molecule has 3 rings (SSSR count). The van der Waals surface area contributed by atoms with Crippen LogP contribution in [0.2, 0.25) is 5.02 Å². The molecule has 24 heavy (non-hydrogen) atoms. The standard InChI is InChI=1S/C19H19ClN2O2/c1-12-4-9-16(19(10-12)24-3)17-11-18(22(21-17)13(2)23)14-5-7-15(20)8-6-14/h4-10,18H,11H2,1-3H3. The van der Waals surface area contributed by atoms with Crippen LogP contribution in [0.1, 0.15) is 36.1 Å². The summed E-state index contributed by atoms with van der Waals surface area (Å²) < 4.78 is 5.49. The number of amides is 1. The maximum Gasteiger partial charge on any atom is 0.240 e. The molecule has 1 amide bonds. The summed E-state index contributed by atoms with van der Waals surface area (Å²) in [6.45, 7) is 3.54. The summed E-state index contributed by atoms with van der Waals surface area (Å²) >= 11 is 5.97. The van der Waals surface area contributed by atoms with Gasteiger partial charge in [0.25, 0.3) is 0 Å². The highest BCUT2D eigenvalue weighted by Crippen LogP contribution is 2.35. The Kier molecular flexibility index (Phi) is 4.58. The van der Waals surface area contributed by atoms with Crippen LogP contribution in [0.15, 0.2) is 47.6 Å². The van der Waals surface area contributed by atoms with Gasteiger partial charge in [0.2, 0.25) is 5.91 Å². The van der Waals surface area contributed by atoms with Crippen LogP contribution in [0.25, 0.3) is 0 Å². The van der Waals surface area contributed by atoms with Gasteiger partial charge < -0.3 is 4.74 Å². The quantitative estimate of drug-likeness (QED) is 0.831. The number of halogens is 1. The Morgan fingerprint density at radius 1 is 1.25 bits per heavy atom. The van der Waals surface area contributed by atoms with Crippen molar-refractivity contribution in [2.45, 2.75) is 26.3 Å². The van der Waals surface area contributed by atoms with Gasteiger partial charge in [-0.15, -0.1) is 0 Å². The van der Waals surface area contributed by atoms with Gasteiger partial charge in [-0.1, -0.05) is 29.8 Å². The third kappa shape index (κ3) is 3.15. The fourth-order valence-corrected chi connectivity index (χ4v) is 3.07. The van der Waals surface area contributed by atoms with Crippen LogP contribution in [-0.4, -0.2) is 23.7 Å². The minimum atomic E-state index is -0.124. The van der Waals surface area contributed by atoms with Gasteiger partial charge in [0.1, 0.15) is 5.75 Å². The minimum Gasteiger partial charge on any atom is -0.496 e. The van der Waals surface area contributed by atoms with E-state index in [9.17, 15) is 4.79 Å². The number of aryl methyl sites for hydroxylation is 1. The van der Waals surface area contributed by atoms with Gasteiger partial charge in [-0.05, 0) is 42.3 Å². The highest BCUT2D eigenvalue weighted by atomic mass is 35.5. The average molecular weight is 343 g/mol. The van der Waals surface area contributed by atoms with Crippen molar-refractivity contribution >= 4 is 23.2 Å². The van der Waals surface area contributed by atoms with Crippen molar-refractivity contribution in [1.29, 1.82) is 0 Å². The number of ether oxygens (including phenoxy) is 1. The van der Waals surface area contributed by atoms with Crippen molar-refractivity contribution in [2.24, 2.45) is 5.10 Å². The van der Waals surface area contributed by atoms with Crippen molar-refractivity contribution in [3.8, 4) is 5.75 Å². The van der Waals surface area contributed by atoms with Gasteiger partial charge in [-0.3, -0.25) is 4.79 Å². The summed E-state index contributed by atoms with van der Waals surface area (Å²) in [7, 11) is 1.65. The highest BCUT2D eigenvalue weighted by molar-refractivity contribution is 6.30. The molecule has 1 heterocycles. The first kappa shape index (κ1) is 16.5. The molecular formula is C19H19ClN2O2. The summed E-state index contributed by atoms with van der Waals surface area (Å²) in [6, 6.07) is 13.4. The van der Waals surface area contributed by atoms with Gasteiger partial charge in [0.15, 0.2) is 0 Å². The Hall–Kier alpha value is -2.33. The molecule has 1 unspecified atom stereocenters. The van der Waals surface area contributed by atoms with Crippen molar-refractivity contribution in [3.05, 3.63) is 64.2 Å². The van der Waals surface area contributed by atoms with Gasteiger partial charge in [-0.2, -0.15) is 5.10 Å². The van der Waals surface area contributed by atoms with E-state index in [4.69, 9.17) is 16.3 Å². The Labute approximate surface area is 146 Å². The second-order valence-corrected chi connectivity index (χ2v) is 6.32. The van der Waals surface area contributed by atoms with Crippen LogP contribution in [-0.2, 0) is 4.79 Å². The molecule has 1 aliphatic rings. The number of benzene rings is 2. The molecule has 0 saturated heterocycles. The van der Waals surface area contributed by atoms with Gasteiger partial charge in [-0.25, -0.2) is 5.01 Å². The molecule has 2 aromatic rings. The summed E-state index contributed by atoms with van der Waals surface area (Å²) in [4.78, 5) is 12.0. The zero-order valence-corrected chi connectivity index (χ0v) is 14.7. The van der Waals surface area contributed by atoms with E-state index < -0.39 is 0 Å². The lowest BCUT2D eigenvalue weighted by molar-refractivity contribution is -0.130. The molecule has 0 bridgehead atoms. The average Bonchev–Trinajstić information content (AvgIpc) is 3.00. The van der Waals surface area contributed by atoms with E-state index in [1.54, 1.807) is 7.11 Å². The molecule has 0 fully saturated rings. The van der Waals surface area contributed by atoms with E-state index in [1.807, 2.05) is 49.4 Å². The number of methoxy groups -OCH3 is 1. The molecule has 0 spiro atoms. The lowest BCUT2D eigenvalue weighted by Crippen LogP contribution is -2.24. The molecule has 0 aliphatic carbocycles. The number of nitrogens with zero attached hydrogens (tertiary/aromatic N) is 2. The van der Waals surface area contributed by atoms with Crippen molar-refractivity contribution in [1.82, 2.24) is 5.01 Å². The lowest BCUT2D eigenvalue weighted by Gasteiger charge is -2.20. The van der Waals surface area contributed by atoms with Crippen LogP contribution < -0.4 is 4.74 Å². The third-order valence-electron chi connectivity index (χ3n) is 4.16. The zero-order valence-electron chi connectivity index (χ0n) is 13.9. The van der Waals surface area contributed by atoms with Gasteiger partial charge in [0.05, 0.1) is 18.9 Å². The molecule has 5 heteroatoms. The predicted molar refractivity (Wildman–Crippen MR) is 95.6 cm³/mol. The SMILES string of the molecule is COc1cc(C)ccc1C1=NN(C(C)=O)C(c2ccc(Cl)cc2)C1. The van der Waals surface area contributed by atoms with Crippen molar-refractivity contribution in [3.63, 3.8) is 0 Å². The van der Waals surface area contributed by atoms with Crippen LogP contribution in [0.4, 0.5) is 0 Å². The number of hydrogen-bond acceptors (Lipinski definition) is 3. The Morgan fingerprint density at radius 2 is 1.96 bits per heavy atom. The molecule has 0 N–H and O–H groups in total. The van der Waals surface area contributed by atoms with Crippen LogP contribution in [0, 0.1) is 6.92 Å². The van der Waals surface area contributed by atoms with Crippen LogP contribution in [0.3, 0.4) is 0 Å². The van der Waals surface area contributed by atoms with E-state index >= 15 is 0 Å². The van der Waals surface area contributed by atoms with Crippen molar-refractivity contribution < 1.29 is 9.53 Å². The second-order valence-electron chi connectivity index (χ2n) is 5.89. The zero-order chi connectivity index (χ0) is 17.3. The van der Waals surface area contributed by atoms with Crippen LogP contribution in [0.5, 0.6) is 5.75 Å². The largest absolute Gasteiger partial charge is 0.496 e. The first-order valence-electron chi connectivity index (χ1n) is 7.77. The third-order valence-corrected chi connectivity index (χ3v) is 4.41. The Morgan fingerprint density at radius 3 is 2.58 bits per heavy atom. The van der Waals surface area contributed by atoms with E-state index in [-0.39, 0.29) is 11.9 Å². The fourth-order valence-electron chi connectivity index (χ4n) is 2.94. The summed E-state index contributed by atoms with van der Waals surface area (Å²) in [5.41, 5.74) is 3.90. The number of carbonyl (C=O) groups excluding carboxylic acids is 1. The molecule has 0 radical (unpaired) electrons. The topological polar surface area (TPSA) is 41.9 Å². The van der Waals surface area contributed by atoms with Crippen LogP contribution >= 0.6 is 11.6 Å². The smallest absolute Gasteiger partial charge is 0.240 e. The number of hydrogen-bond donors (Lipinski definition) is 0. The molecular weight excluding hydrogens is 324 g/mol. The fraction of sp³-hybridized carbons (Fsp3) is 0.263. The molecule has 4 nitrogen and oxygen atoms in total. The second kappa shape index (κ2) is 6.65. The number of rotatable bonds is 3. The minimum absolute atomic E-state index is 0.0870. The van der Waals surface area contributed by atoms with E-state index in [2.05, 4.69) is 5.10 Å². The first-order chi connectivity index (χ1) is 11.5. The molecule has 1 aliphatic heterocycles. The Balaban J connectivity index is 1.98. The predicted octanol–water partition coefficient (Wildman–Crippen LogP) is 4.35. The summed E-state index contributed by atoms with van der Waals surface area (Å²) in [5, 5.41) is 6.78. The maximum absolute atomic E-state index is 12.0. The van der Waals surface area contributed by atoms with E-state index in [0.717, 1.165) is 28.2 Å². The molecule has 0 saturated carbocycles. The summed E-state index contributed by atoms with van der Waals surface area (Å²) in [5.74, 6) is 0.685. The first-order valence-corrected chi connectivity index (χ1v) is 8.15. The van der Waals surface area contributed by atoms with Gasteiger partial charge >= 0.3 is 0 Å². The number of carbonyl (C=O) groups is 1. The molecule has 1 atom stereocenters. The van der Waals surface area contributed by atoms with Gasteiger partial charge in [0, 0.05) is 23.9 Å².